The average Bonchev–Trinajstić information content (AvgIpc) is 2.39. The highest BCUT2D eigenvalue weighted by Gasteiger charge is 2.24. The molecule has 1 atom stereocenters. The van der Waals surface area contributed by atoms with Crippen molar-refractivity contribution in [3.8, 4) is 0 Å². The van der Waals surface area contributed by atoms with E-state index in [4.69, 9.17) is 16.7 Å². The topological polar surface area (TPSA) is 110 Å². The Morgan fingerprint density at radius 1 is 1.41 bits per heavy atom. The lowest BCUT2D eigenvalue weighted by atomic mass is 10.1. The van der Waals surface area contributed by atoms with Crippen LogP contribution in [-0.4, -0.2) is 34.4 Å². The Morgan fingerprint density at radius 2 is 2.05 bits per heavy atom. The fraction of sp³-hybridized carbons (Fsp3) is 0.333. The highest BCUT2D eigenvalue weighted by atomic mass is 35.5. The predicted molar refractivity (Wildman–Crippen MR) is 72.0 cm³/mol. The number of nitrogens with one attached hydrogen (secondary N) is 1. The minimum absolute atomic E-state index is 0.0508. The lowest BCUT2D eigenvalue weighted by molar-refractivity contribution is -0.384. The van der Waals surface area contributed by atoms with Crippen LogP contribution in [0.5, 0.6) is 0 Å². The molecule has 0 saturated carbocycles. The highest BCUT2D eigenvalue weighted by molar-refractivity contribution is 6.31. The molecule has 7 nitrogen and oxygen atoms in total. The molecule has 0 radical (unpaired) electrons. The number of carboxylic acid groups (broad SMARTS) is 1. The van der Waals surface area contributed by atoms with Crippen LogP contribution in [0.1, 0.15) is 12.0 Å². The number of nitrogens with zero attached hydrogens (tertiary/aromatic N) is 1. The first-order valence-corrected chi connectivity index (χ1v) is 6.31. The van der Waals surface area contributed by atoms with Gasteiger partial charge in [0.25, 0.3) is 5.69 Å². The molecule has 2 N–H and O–H groups in total. The van der Waals surface area contributed by atoms with Crippen molar-refractivity contribution < 1.29 is 28.4 Å². The van der Waals surface area contributed by atoms with Gasteiger partial charge >= 0.3 is 5.97 Å². The monoisotopic (exact) mass is 336 g/mol. The molecule has 0 aliphatic heterocycles. The number of nitro benzene ring substituents is 1. The van der Waals surface area contributed by atoms with E-state index < -0.39 is 35.7 Å². The van der Waals surface area contributed by atoms with Crippen LogP contribution in [0, 0.1) is 10.1 Å². The quantitative estimate of drug-likeness (QED) is 0.584. The summed E-state index contributed by atoms with van der Waals surface area (Å²) in [4.78, 5) is 32.3. The third kappa shape index (κ3) is 5.24. The number of non-ortho nitro benzene ring substituents is 1. The summed E-state index contributed by atoms with van der Waals surface area (Å²) in [5.74, 6) is -2.41. The van der Waals surface area contributed by atoms with Crippen LogP contribution >= 0.6 is 11.6 Å². The third-order valence-electron chi connectivity index (χ3n) is 2.65. The molecule has 10 heteroatoms. The standard InChI is InChI=1S/C12H11ClF2N2O5/c13-8-4-7(17(21)22)2-1-6(8)3-11(18)16-9(12(19)20)5-10(14)15/h1-2,4,9-10H,3,5H2,(H,16,18)(H,19,20). The van der Waals surface area contributed by atoms with E-state index in [1.165, 1.54) is 6.07 Å². The van der Waals surface area contributed by atoms with Crippen molar-refractivity contribution in [2.45, 2.75) is 25.3 Å². The molecule has 1 unspecified atom stereocenters. The smallest absolute Gasteiger partial charge is 0.326 e. The van der Waals surface area contributed by atoms with E-state index in [9.17, 15) is 28.5 Å². The van der Waals surface area contributed by atoms with Crippen LogP contribution in [-0.2, 0) is 16.0 Å². The summed E-state index contributed by atoms with van der Waals surface area (Å²) >= 11 is 5.78. The van der Waals surface area contributed by atoms with Gasteiger partial charge in [0.05, 0.1) is 16.4 Å². The van der Waals surface area contributed by atoms with Crippen molar-refractivity contribution in [3.05, 3.63) is 38.9 Å². The number of alkyl halides is 2. The van der Waals surface area contributed by atoms with E-state index in [1.807, 2.05) is 5.32 Å². The normalized spacial score (nSPS) is 12.0. The van der Waals surface area contributed by atoms with Gasteiger partial charge in [-0.2, -0.15) is 0 Å². The first-order chi connectivity index (χ1) is 10.2. The van der Waals surface area contributed by atoms with Gasteiger partial charge in [-0.05, 0) is 5.56 Å². The summed E-state index contributed by atoms with van der Waals surface area (Å²) in [6, 6.07) is 1.69. The maximum atomic E-state index is 12.2. The van der Waals surface area contributed by atoms with Gasteiger partial charge in [0.1, 0.15) is 6.04 Å². The zero-order valence-corrected chi connectivity index (χ0v) is 11.7. The largest absolute Gasteiger partial charge is 0.480 e. The molecule has 120 valence electrons. The van der Waals surface area contributed by atoms with Crippen LogP contribution in [0.25, 0.3) is 0 Å². The van der Waals surface area contributed by atoms with E-state index in [1.54, 1.807) is 0 Å². The lowest BCUT2D eigenvalue weighted by Gasteiger charge is -2.14. The highest BCUT2D eigenvalue weighted by Crippen LogP contribution is 2.22. The second-order valence-corrected chi connectivity index (χ2v) is 4.70. The van der Waals surface area contributed by atoms with Crippen molar-refractivity contribution in [1.82, 2.24) is 5.32 Å². The molecule has 1 aromatic carbocycles. The minimum Gasteiger partial charge on any atom is -0.480 e. The van der Waals surface area contributed by atoms with E-state index in [2.05, 4.69) is 0 Å². The van der Waals surface area contributed by atoms with Crippen molar-refractivity contribution in [2.75, 3.05) is 0 Å². The fourth-order valence-electron chi connectivity index (χ4n) is 1.61. The van der Waals surface area contributed by atoms with Crippen molar-refractivity contribution in [1.29, 1.82) is 0 Å². The van der Waals surface area contributed by atoms with Gasteiger partial charge in [0.15, 0.2) is 0 Å². The first-order valence-electron chi connectivity index (χ1n) is 5.94. The molecule has 0 spiro atoms. The van der Waals surface area contributed by atoms with Gasteiger partial charge in [-0.1, -0.05) is 17.7 Å². The Kier molecular flexibility index (Phi) is 6.17. The summed E-state index contributed by atoms with van der Waals surface area (Å²) < 4.78 is 24.4. The summed E-state index contributed by atoms with van der Waals surface area (Å²) in [7, 11) is 0. The molecule has 0 heterocycles. The van der Waals surface area contributed by atoms with E-state index in [-0.39, 0.29) is 22.7 Å². The molecule has 22 heavy (non-hydrogen) atoms. The molecule has 1 rings (SSSR count). The maximum Gasteiger partial charge on any atom is 0.326 e. The zero-order chi connectivity index (χ0) is 16.9. The summed E-state index contributed by atoms with van der Waals surface area (Å²) in [5, 5.41) is 21.2. The molecule has 0 aliphatic carbocycles. The second kappa shape index (κ2) is 7.64. The number of carbonyl (C=O) groups excluding carboxylic acids is 1. The number of aliphatic carboxylic acids is 1. The molecule has 1 amide bonds. The average molecular weight is 337 g/mol. The Hall–Kier alpha value is -2.29. The minimum atomic E-state index is -2.88. The fourth-order valence-corrected chi connectivity index (χ4v) is 1.85. The van der Waals surface area contributed by atoms with Crippen LogP contribution < -0.4 is 5.32 Å². The van der Waals surface area contributed by atoms with Crippen molar-refractivity contribution >= 4 is 29.2 Å². The molecule has 0 saturated heterocycles. The van der Waals surface area contributed by atoms with Crippen LogP contribution in [0.4, 0.5) is 14.5 Å². The lowest BCUT2D eigenvalue weighted by Crippen LogP contribution is -2.42. The van der Waals surface area contributed by atoms with Crippen LogP contribution in [0.3, 0.4) is 0 Å². The number of amides is 1. The Morgan fingerprint density at radius 3 is 2.50 bits per heavy atom. The van der Waals surface area contributed by atoms with Gasteiger partial charge in [0, 0.05) is 18.6 Å². The molecule has 1 aromatic rings. The van der Waals surface area contributed by atoms with Crippen molar-refractivity contribution in [3.63, 3.8) is 0 Å². The van der Waals surface area contributed by atoms with Gasteiger partial charge in [-0.15, -0.1) is 0 Å². The third-order valence-corrected chi connectivity index (χ3v) is 3.00. The van der Waals surface area contributed by atoms with Crippen LogP contribution in [0.2, 0.25) is 5.02 Å². The Balaban J connectivity index is 2.75. The maximum absolute atomic E-state index is 12.2. The van der Waals surface area contributed by atoms with E-state index in [0.717, 1.165) is 12.1 Å². The summed E-state index contributed by atoms with van der Waals surface area (Å²) in [6.45, 7) is 0. The molecule has 0 bridgehead atoms. The van der Waals surface area contributed by atoms with Gasteiger partial charge in [-0.3, -0.25) is 14.9 Å². The molecular formula is C12H11ClF2N2O5. The molecule has 0 aromatic heterocycles. The number of carboxylic acids is 1. The molecular weight excluding hydrogens is 326 g/mol. The van der Waals surface area contributed by atoms with Gasteiger partial charge in [0.2, 0.25) is 12.3 Å². The SMILES string of the molecule is O=C(Cc1ccc([N+](=O)[O-])cc1Cl)NC(CC(F)F)C(=O)O. The number of nitro groups is 1. The van der Waals surface area contributed by atoms with Crippen molar-refractivity contribution in [2.24, 2.45) is 0 Å². The Labute approximate surface area is 128 Å². The number of halogens is 3. The predicted octanol–water partition coefficient (Wildman–Crippen LogP) is 2.02. The van der Waals surface area contributed by atoms with Gasteiger partial charge in [-0.25, -0.2) is 13.6 Å². The molecule has 0 fully saturated rings. The number of rotatable bonds is 7. The number of benzene rings is 1. The first kappa shape index (κ1) is 17.8. The number of carbonyl (C=O) groups is 2. The zero-order valence-electron chi connectivity index (χ0n) is 11.0. The Bertz CT molecular complexity index is 597. The molecule has 0 aliphatic rings. The summed E-state index contributed by atoms with van der Waals surface area (Å²) in [5.41, 5.74) is -0.0544. The number of hydrogen-bond acceptors (Lipinski definition) is 4. The second-order valence-electron chi connectivity index (χ2n) is 4.29. The summed E-state index contributed by atoms with van der Waals surface area (Å²) in [6.07, 6.45) is -4.29. The number of hydrogen-bond donors (Lipinski definition) is 2. The van der Waals surface area contributed by atoms with E-state index in [0.29, 0.717) is 0 Å². The van der Waals surface area contributed by atoms with Crippen LogP contribution in [0.15, 0.2) is 18.2 Å². The van der Waals surface area contributed by atoms with E-state index >= 15 is 0 Å². The van der Waals surface area contributed by atoms with Gasteiger partial charge < -0.3 is 10.4 Å².